The summed E-state index contributed by atoms with van der Waals surface area (Å²) in [5.74, 6) is -0.571. The highest BCUT2D eigenvalue weighted by molar-refractivity contribution is 9.09. The van der Waals surface area contributed by atoms with E-state index < -0.39 is 30.5 Å². The van der Waals surface area contributed by atoms with Crippen molar-refractivity contribution >= 4 is 37.8 Å². The van der Waals surface area contributed by atoms with Gasteiger partial charge in [0.25, 0.3) is 0 Å². The zero-order valence-corrected chi connectivity index (χ0v) is 12.0. The molecule has 96 valence electrons. The van der Waals surface area contributed by atoms with Crippen LogP contribution in [0.1, 0.15) is 26.2 Å². The molecule has 0 saturated carbocycles. The summed E-state index contributed by atoms with van der Waals surface area (Å²) in [6.45, 7) is 1.87. The van der Waals surface area contributed by atoms with Gasteiger partial charge in [0, 0.05) is 17.1 Å². The summed E-state index contributed by atoms with van der Waals surface area (Å²) in [6, 6.07) is 0. The SMILES string of the molecule is CCC(CBr)(CBr)NC(=O)CCC(F)(F)F. The van der Waals surface area contributed by atoms with E-state index in [1.807, 2.05) is 6.92 Å². The van der Waals surface area contributed by atoms with Crippen LogP contribution in [0.15, 0.2) is 0 Å². The number of halogens is 5. The second-order valence-electron chi connectivity index (χ2n) is 3.56. The number of carbonyl (C=O) groups excluding carboxylic acids is 1. The third-order valence-electron chi connectivity index (χ3n) is 2.23. The molecule has 0 unspecified atom stereocenters. The van der Waals surface area contributed by atoms with Gasteiger partial charge in [0.15, 0.2) is 0 Å². The van der Waals surface area contributed by atoms with E-state index in [1.165, 1.54) is 0 Å². The van der Waals surface area contributed by atoms with Crippen molar-refractivity contribution in [1.29, 1.82) is 0 Å². The largest absolute Gasteiger partial charge is 0.389 e. The minimum atomic E-state index is -4.28. The van der Waals surface area contributed by atoms with Crippen LogP contribution in [-0.2, 0) is 4.79 Å². The molecule has 0 bridgehead atoms. The molecule has 0 aliphatic rings. The zero-order valence-electron chi connectivity index (χ0n) is 8.83. The van der Waals surface area contributed by atoms with E-state index in [0.717, 1.165) is 0 Å². The number of amides is 1. The van der Waals surface area contributed by atoms with Crippen LogP contribution >= 0.6 is 31.9 Å². The highest BCUT2D eigenvalue weighted by atomic mass is 79.9. The summed E-state index contributed by atoms with van der Waals surface area (Å²) in [7, 11) is 0. The van der Waals surface area contributed by atoms with Gasteiger partial charge < -0.3 is 5.32 Å². The van der Waals surface area contributed by atoms with E-state index in [0.29, 0.717) is 17.1 Å². The van der Waals surface area contributed by atoms with Gasteiger partial charge in [-0.1, -0.05) is 38.8 Å². The summed E-state index contributed by atoms with van der Waals surface area (Å²) in [5, 5.41) is 3.62. The van der Waals surface area contributed by atoms with E-state index in [1.54, 1.807) is 0 Å². The van der Waals surface area contributed by atoms with Crippen LogP contribution in [0.5, 0.6) is 0 Å². The molecule has 1 N–H and O–H groups in total. The van der Waals surface area contributed by atoms with Crippen molar-refractivity contribution in [1.82, 2.24) is 5.32 Å². The first-order valence-electron chi connectivity index (χ1n) is 4.78. The van der Waals surface area contributed by atoms with Gasteiger partial charge in [-0.2, -0.15) is 13.2 Å². The Morgan fingerprint density at radius 1 is 1.25 bits per heavy atom. The minimum Gasteiger partial charge on any atom is -0.349 e. The molecule has 16 heavy (non-hydrogen) atoms. The van der Waals surface area contributed by atoms with E-state index in [4.69, 9.17) is 0 Å². The average molecular weight is 369 g/mol. The van der Waals surface area contributed by atoms with Crippen LogP contribution in [0.2, 0.25) is 0 Å². The minimum absolute atomic E-state index is 0.500. The van der Waals surface area contributed by atoms with E-state index in [-0.39, 0.29) is 0 Å². The standard InChI is InChI=1S/C9H14Br2F3NO/c1-2-8(5-10,6-11)15-7(16)3-4-9(12,13)14/h2-6H2,1H3,(H,15,16). The fourth-order valence-corrected chi connectivity index (χ4v) is 3.00. The topological polar surface area (TPSA) is 29.1 Å². The molecule has 2 nitrogen and oxygen atoms in total. The Morgan fingerprint density at radius 3 is 2.06 bits per heavy atom. The maximum Gasteiger partial charge on any atom is 0.389 e. The van der Waals surface area contributed by atoms with Crippen molar-refractivity contribution in [3.8, 4) is 0 Å². The van der Waals surface area contributed by atoms with Crippen molar-refractivity contribution in [3.63, 3.8) is 0 Å². The number of hydrogen-bond acceptors (Lipinski definition) is 1. The molecule has 0 aliphatic heterocycles. The molecule has 0 aliphatic carbocycles. The van der Waals surface area contributed by atoms with Crippen molar-refractivity contribution in [2.24, 2.45) is 0 Å². The third kappa shape index (κ3) is 6.08. The lowest BCUT2D eigenvalue weighted by Crippen LogP contribution is -2.51. The van der Waals surface area contributed by atoms with Crippen molar-refractivity contribution in [2.45, 2.75) is 37.9 Å². The monoisotopic (exact) mass is 367 g/mol. The third-order valence-corrected chi connectivity index (χ3v) is 4.38. The Balaban J connectivity index is 4.21. The fourth-order valence-electron chi connectivity index (χ4n) is 0.993. The predicted octanol–water partition coefficient (Wildman–Crippen LogP) is 3.38. The average Bonchev–Trinajstić information content (AvgIpc) is 2.22. The second-order valence-corrected chi connectivity index (χ2v) is 4.69. The molecule has 0 heterocycles. The van der Waals surface area contributed by atoms with Crippen LogP contribution < -0.4 is 5.32 Å². The molecule has 0 fully saturated rings. The van der Waals surface area contributed by atoms with Gasteiger partial charge in [0.2, 0.25) is 5.91 Å². The van der Waals surface area contributed by atoms with E-state index in [9.17, 15) is 18.0 Å². The molecular formula is C9H14Br2F3NO. The highest BCUT2D eigenvalue weighted by Crippen LogP contribution is 2.22. The Kier molecular flexibility index (Phi) is 6.93. The van der Waals surface area contributed by atoms with Crippen LogP contribution in [0.3, 0.4) is 0 Å². The number of alkyl halides is 5. The first kappa shape index (κ1) is 16.2. The molecule has 1 amide bonds. The maximum absolute atomic E-state index is 11.9. The van der Waals surface area contributed by atoms with Crippen molar-refractivity contribution in [2.75, 3.05) is 10.7 Å². The van der Waals surface area contributed by atoms with Gasteiger partial charge in [-0.05, 0) is 6.42 Å². The van der Waals surface area contributed by atoms with Crippen molar-refractivity contribution in [3.05, 3.63) is 0 Å². The predicted molar refractivity (Wildman–Crippen MR) is 64.0 cm³/mol. The van der Waals surface area contributed by atoms with Gasteiger partial charge in [-0.3, -0.25) is 4.79 Å². The number of hydrogen-bond donors (Lipinski definition) is 1. The molecule has 0 rings (SSSR count). The van der Waals surface area contributed by atoms with Gasteiger partial charge in [-0.25, -0.2) is 0 Å². The van der Waals surface area contributed by atoms with Gasteiger partial charge >= 0.3 is 6.18 Å². The molecule has 0 spiro atoms. The molecule has 0 radical (unpaired) electrons. The second kappa shape index (κ2) is 6.83. The summed E-state index contributed by atoms with van der Waals surface area (Å²) >= 11 is 6.49. The quantitative estimate of drug-likeness (QED) is 0.715. The van der Waals surface area contributed by atoms with E-state index >= 15 is 0 Å². The smallest absolute Gasteiger partial charge is 0.349 e. The summed E-state index contributed by atoms with van der Waals surface area (Å²) < 4.78 is 35.7. The molecule has 0 aromatic rings. The van der Waals surface area contributed by atoms with Crippen LogP contribution in [-0.4, -0.2) is 28.3 Å². The Hall–Kier alpha value is 0.220. The fraction of sp³-hybridized carbons (Fsp3) is 0.889. The summed E-state index contributed by atoms with van der Waals surface area (Å²) in [5.41, 5.74) is -0.511. The van der Waals surface area contributed by atoms with Gasteiger partial charge in [0.05, 0.1) is 12.0 Å². The molecule has 0 atom stereocenters. The Labute approximate surface area is 110 Å². The van der Waals surface area contributed by atoms with Crippen LogP contribution in [0.25, 0.3) is 0 Å². The van der Waals surface area contributed by atoms with Crippen molar-refractivity contribution < 1.29 is 18.0 Å². The Bertz CT molecular complexity index is 221. The maximum atomic E-state index is 11.9. The molecule has 0 aromatic carbocycles. The van der Waals surface area contributed by atoms with E-state index in [2.05, 4.69) is 37.2 Å². The molecule has 7 heteroatoms. The number of rotatable bonds is 6. The highest BCUT2D eigenvalue weighted by Gasteiger charge is 2.31. The van der Waals surface area contributed by atoms with Crippen LogP contribution in [0, 0.1) is 0 Å². The lowest BCUT2D eigenvalue weighted by Gasteiger charge is -2.30. The lowest BCUT2D eigenvalue weighted by molar-refractivity contribution is -0.144. The summed E-state index contributed by atoms with van der Waals surface area (Å²) in [6.07, 6.45) is -5.25. The van der Waals surface area contributed by atoms with Gasteiger partial charge in [0.1, 0.15) is 0 Å². The first-order chi connectivity index (χ1) is 7.28. The summed E-state index contributed by atoms with van der Waals surface area (Å²) in [4.78, 5) is 11.3. The number of nitrogens with one attached hydrogen (secondary N) is 1. The van der Waals surface area contributed by atoms with Gasteiger partial charge in [-0.15, -0.1) is 0 Å². The molecule has 0 aromatic heterocycles. The zero-order chi connectivity index (χ0) is 12.8. The Morgan fingerprint density at radius 2 is 1.75 bits per heavy atom. The van der Waals surface area contributed by atoms with Crippen LogP contribution in [0.4, 0.5) is 13.2 Å². The lowest BCUT2D eigenvalue weighted by atomic mass is 10.0. The normalized spacial score (nSPS) is 12.6. The number of carbonyl (C=O) groups is 1. The first-order valence-corrected chi connectivity index (χ1v) is 7.02. The molecular weight excluding hydrogens is 355 g/mol. The molecule has 0 saturated heterocycles.